The first kappa shape index (κ1) is 15.6. The second-order valence-corrected chi connectivity index (χ2v) is 6.34. The van der Waals surface area contributed by atoms with E-state index in [2.05, 4.69) is 36.6 Å². The van der Waals surface area contributed by atoms with Gasteiger partial charge in [-0.1, -0.05) is 18.2 Å². The third-order valence-electron chi connectivity index (χ3n) is 3.93. The molecule has 0 aliphatic carbocycles. The fourth-order valence-corrected chi connectivity index (χ4v) is 3.16. The van der Waals surface area contributed by atoms with Crippen molar-refractivity contribution in [3.8, 4) is 0 Å². The van der Waals surface area contributed by atoms with Gasteiger partial charge in [0.2, 0.25) is 5.95 Å². The van der Waals surface area contributed by atoms with E-state index in [1.165, 1.54) is 6.33 Å². The van der Waals surface area contributed by atoms with Crippen LogP contribution in [-0.4, -0.2) is 20.7 Å². The van der Waals surface area contributed by atoms with Gasteiger partial charge in [0.25, 0.3) is 5.91 Å². The molecule has 25 heavy (non-hydrogen) atoms. The van der Waals surface area contributed by atoms with Gasteiger partial charge in [0.1, 0.15) is 18.1 Å². The van der Waals surface area contributed by atoms with Crippen LogP contribution >= 0.6 is 15.9 Å². The van der Waals surface area contributed by atoms with Crippen molar-refractivity contribution in [3.05, 3.63) is 70.5 Å². The monoisotopic (exact) mass is 399 g/mol. The molecule has 0 unspecified atom stereocenters. The Kier molecular flexibility index (Phi) is 3.89. The number of rotatable bonds is 3. The minimum atomic E-state index is -0.506. The molecule has 2 N–H and O–H groups in total. The molecule has 0 spiro atoms. The maximum Gasteiger partial charge on any atom is 0.256 e. The largest absolute Gasteiger partial charge is 0.452 e. The Labute approximate surface area is 151 Å². The number of anilines is 2. The van der Waals surface area contributed by atoms with Gasteiger partial charge in [-0.05, 0) is 47.1 Å². The van der Waals surface area contributed by atoms with Crippen molar-refractivity contribution in [3.63, 3.8) is 0 Å². The van der Waals surface area contributed by atoms with Gasteiger partial charge < -0.3 is 15.1 Å². The summed E-state index contributed by atoms with van der Waals surface area (Å²) in [7, 11) is 0. The topological polar surface area (TPSA) is 85.0 Å². The average Bonchev–Trinajstić information content (AvgIpc) is 3.23. The minimum Gasteiger partial charge on any atom is -0.452 e. The zero-order valence-electron chi connectivity index (χ0n) is 13.2. The van der Waals surface area contributed by atoms with Crippen molar-refractivity contribution < 1.29 is 9.21 Å². The highest BCUT2D eigenvalue weighted by Gasteiger charge is 2.35. The first-order valence-electron chi connectivity index (χ1n) is 7.62. The summed E-state index contributed by atoms with van der Waals surface area (Å²) in [6.45, 7) is 1.84. The third kappa shape index (κ3) is 2.85. The summed E-state index contributed by atoms with van der Waals surface area (Å²) in [5.74, 6) is 0.929. The molecule has 1 aliphatic heterocycles. The van der Waals surface area contributed by atoms with Gasteiger partial charge in [-0.2, -0.15) is 10.1 Å². The normalized spacial score (nSPS) is 16.3. The van der Waals surface area contributed by atoms with Crippen LogP contribution in [0, 0.1) is 0 Å². The number of benzene rings is 1. The van der Waals surface area contributed by atoms with Crippen molar-refractivity contribution in [2.75, 3.05) is 10.6 Å². The number of amides is 1. The molecule has 0 fully saturated rings. The molecular weight excluding hydrogens is 386 g/mol. The molecule has 7 nitrogen and oxygen atoms in total. The van der Waals surface area contributed by atoms with Crippen LogP contribution in [0.15, 0.2) is 69.1 Å². The van der Waals surface area contributed by atoms with Gasteiger partial charge in [0.15, 0.2) is 4.67 Å². The van der Waals surface area contributed by atoms with Crippen LogP contribution in [-0.2, 0) is 4.79 Å². The van der Waals surface area contributed by atoms with Crippen molar-refractivity contribution in [2.24, 2.45) is 0 Å². The number of carbonyl (C=O) groups is 1. The van der Waals surface area contributed by atoms with E-state index in [4.69, 9.17) is 4.42 Å². The van der Waals surface area contributed by atoms with Gasteiger partial charge in [0.05, 0.1) is 5.57 Å². The predicted molar refractivity (Wildman–Crippen MR) is 96.0 cm³/mol. The molecule has 3 aromatic rings. The number of allylic oxidation sites excluding steroid dienone is 1. The van der Waals surface area contributed by atoms with Crippen LogP contribution in [0.2, 0.25) is 0 Å². The number of carbonyl (C=O) groups excluding carboxylic acids is 1. The highest BCUT2D eigenvalue weighted by Crippen LogP contribution is 2.36. The van der Waals surface area contributed by atoms with Gasteiger partial charge in [-0.15, -0.1) is 0 Å². The number of nitrogens with zero attached hydrogens (tertiary/aromatic N) is 3. The van der Waals surface area contributed by atoms with E-state index in [0.29, 0.717) is 27.6 Å². The number of fused-ring (bicyclic) bond motifs is 1. The Morgan fingerprint density at radius 2 is 2.08 bits per heavy atom. The lowest BCUT2D eigenvalue weighted by atomic mass is 10.00. The van der Waals surface area contributed by atoms with Crippen LogP contribution in [0.5, 0.6) is 0 Å². The lowest BCUT2D eigenvalue weighted by Crippen LogP contribution is -2.31. The third-order valence-corrected chi connectivity index (χ3v) is 4.36. The molecule has 3 heterocycles. The Morgan fingerprint density at radius 3 is 2.80 bits per heavy atom. The molecule has 0 bridgehead atoms. The molecule has 1 aromatic carbocycles. The lowest BCUT2D eigenvalue weighted by Gasteiger charge is -2.27. The Hall–Kier alpha value is -2.87. The second-order valence-electron chi connectivity index (χ2n) is 5.56. The molecule has 2 aromatic heterocycles. The van der Waals surface area contributed by atoms with Gasteiger partial charge in [0, 0.05) is 11.4 Å². The molecule has 126 valence electrons. The van der Waals surface area contributed by atoms with E-state index in [1.807, 2.05) is 43.3 Å². The number of aromatic nitrogens is 3. The average molecular weight is 400 g/mol. The van der Waals surface area contributed by atoms with E-state index >= 15 is 0 Å². The number of nitrogens with one attached hydrogen (secondary N) is 2. The fourth-order valence-electron chi connectivity index (χ4n) is 2.84. The molecule has 1 amide bonds. The maximum atomic E-state index is 13.0. The van der Waals surface area contributed by atoms with Crippen LogP contribution in [0.4, 0.5) is 11.6 Å². The number of halogens is 1. The molecular formula is C17H14BrN5O2. The van der Waals surface area contributed by atoms with Crippen LogP contribution in [0.3, 0.4) is 0 Å². The summed E-state index contributed by atoms with van der Waals surface area (Å²) in [5, 5.41) is 10.3. The number of hydrogen-bond donors (Lipinski definition) is 2. The fraction of sp³-hybridized carbons (Fsp3) is 0.118. The van der Waals surface area contributed by atoms with Gasteiger partial charge in [-0.3, -0.25) is 4.79 Å². The summed E-state index contributed by atoms with van der Waals surface area (Å²) in [6, 6.07) is 12.4. The first-order valence-corrected chi connectivity index (χ1v) is 8.41. The quantitative estimate of drug-likeness (QED) is 0.703. The van der Waals surface area contributed by atoms with Crippen LogP contribution in [0.1, 0.15) is 18.7 Å². The summed E-state index contributed by atoms with van der Waals surface area (Å²) in [6.07, 6.45) is 1.44. The van der Waals surface area contributed by atoms with Gasteiger partial charge >= 0.3 is 0 Å². The SMILES string of the molecule is CC1=C(C(=O)Nc2ccccc2)[C@@H](c2ccc(Br)o2)n2ncnc2N1. The number of hydrogen-bond acceptors (Lipinski definition) is 5. The zero-order chi connectivity index (χ0) is 17.4. The highest BCUT2D eigenvalue weighted by molar-refractivity contribution is 9.10. The van der Waals surface area contributed by atoms with Crippen molar-refractivity contribution in [2.45, 2.75) is 13.0 Å². The molecule has 0 saturated heterocycles. The highest BCUT2D eigenvalue weighted by atomic mass is 79.9. The number of furan rings is 1. The van der Waals surface area contributed by atoms with Crippen LogP contribution < -0.4 is 10.6 Å². The lowest BCUT2D eigenvalue weighted by molar-refractivity contribution is -0.113. The summed E-state index contributed by atoms with van der Waals surface area (Å²) >= 11 is 3.31. The molecule has 1 atom stereocenters. The number of para-hydroxylation sites is 1. The molecule has 0 saturated carbocycles. The van der Waals surface area contributed by atoms with Gasteiger partial charge in [-0.25, -0.2) is 4.68 Å². The van der Waals surface area contributed by atoms with E-state index in [0.717, 1.165) is 5.69 Å². The smallest absolute Gasteiger partial charge is 0.256 e. The van der Waals surface area contributed by atoms with E-state index < -0.39 is 6.04 Å². The molecule has 0 radical (unpaired) electrons. The molecule has 8 heteroatoms. The van der Waals surface area contributed by atoms with Crippen molar-refractivity contribution in [1.82, 2.24) is 14.8 Å². The van der Waals surface area contributed by atoms with Crippen LogP contribution in [0.25, 0.3) is 0 Å². The van der Waals surface area contributed by atoms with E-state index in [-0.39, 0.29) is 5.91 Å². The maximum absolute atomic E-state index is 13.0. The summed E-state index contributed by atoms with van der Waals surface area (Å²) in [5.41, 5.74) is 1.94. The Bertz CT molecular complexity index is 960. The molecule has 1 aliphatic rings. The molecule has 4 rings (SSSR count). The summed E-state index contributed by atoms with van der Waals surface area (Å²) < 4.78 is 7.94. The van der Waals surface area contributed by atoms with E-state index in [1.54, 1.807) is 10.7 Å². The minimum absolute atomic E-state index is 0.227. The van der Waals surface area contributed by atoms with E-state index in [9.17, 15) is 4.79 Å². The predicted octanol–water partition coefficient (Wildman–Crippen LogP) is 3.56. The zero-order valence-corrected chi connectivity index (χ0v) is 14.8. The van der Waals surface area contributed by atoms with Crippen molar-refractivity contribution in [1.29, 1.82) is 0 Å². The first-order chi connectivity index (χ1) is 12.1. The van der Waals surface area contributed by atoms with Crippen molar-refractivity contribution >= 4 is 33.5 Å². The Morgan fingerprint density at radius 1 is 1.28 bits per heavy atom. The second kappa shape index (κ2) is 6.21. The Balaban J connectivity index is 1.76. The summed E-state index contributed by atoms with van der Waals surface area (Å²) in [4.78, 5) is 17.2. The standard InChI is InChI=1S/C17H14BrN5O2/c1-10-14(16(24)22-11-5-3-2-4-6-11)15(12-7-8-13(18)25-12)23-17(21-10)19-9-20-23/h2-9,15H,1H3,(H,22,24)(H,19,20,21)/t15-/m1/s1.